The van der Waals surface area contributed by atoms with Gasteiger partial charge in [-0.25, -0.2) is 0 Å². The van der Waals surface area contributed by atoms with Crippen LogP contribution in [0.25, 0.3) is 10.9 Å². The number of hydrogen-bond donors (Lipinski definition) is 1. The summed E-state index contributed by atoms with van der Waals surface area (Å²) in [6.07, 6.45) is 0. The van der Waals surface area contributed by atoms with Crippen molar-refractivity contribution in [2.75, 3.05) is 32.9 Å². The smallest absolute Gasteiger partial charge is 0.302 e. The van der Waals surface area contributed by atoms with E-state index in [9.17, 15) is 9.90 Å². The fourth-order valence-electron chi connectivity index (χ4n) is 3.78. The van der Waals surface area contributed by atoms with E-state index in [2.05, 4.69) is 31.1 Å². The molecule has 1 aliphatic heterocycles. The monoisotopic (exact) mass is 500 g/mol. The molecule has 0 aliphatic carbocycles. The summed E-state index contributed by atoms with van der Waals surface area (Å²) in [5, 5.41) is 19.5. The van der Waals surface area contributed by atoms with Gasteiger partial charge >= 0.3 is 5.91 Å². The highest BCUT2D eigenvalue weighted by Crippen LogP contribution is 2.40. The van der Waals surface area contributed by atoms with Gasteiger partial charge in [0.05, 0.1) is 25.4 Å². The highest BCUT2D eigenvalue weighted by atomic mass is 79.9. The van der Waals surface area contributed by atoms with Crippen LogP contribution in [0.2, 0.25) is 0 Å². The lowest BCUT2D eigenvalue weighted by Crippen LogP contribution is -2.37. The van der Waals surface area contributed by atoms with Crippen LogP contribution < -0.4 is 4.74 Å². The first-order valence-corrected chi connectivity index (χ1v) is 11.2. The minimum Gasteiger partial charge on any atom is -0.493 e. The van der Waals surface area contributed by atoms with Gasteiger partial charge in [0, 0.05) is 22.9 Å². The molecule has 4 rings (SSSR count). The molecular formula is C23H25BrN4O4. The third-order valence-electron chi connectivity index (χ3n) is 5.43. The van der Waals surface area contributed by atoms with Crippen LogP contribution in [0.5, 0.6) is 11.6 Å². The molecule has 1 fully saturated rings. The van der Waals surface area contributed by atoms with Crippen LogP contribution in [0.1, 0.15) is 11.1 Å². The molecule has 1 aromatic heterocycles. The van der Waals surface area contributed by atoms with Gasteiger partial charge in [-0.1, -0.05) is 34.1 Å². The van der Waals surface area contributed by atoms with E-state index >= 15 is 0 Å². The number of aromatic hydroxyl groups is 1. The van der Waals surface area contributed by atoms with Crippen molar-refractivity contribution in [3.05, 3.63) is 52.0 Å². The molecule has 2 aromatic carbocycles. The lowest BCUT2D eigenvalue weighted by Gasteiger charge is -2.27. The summed E-state index contributed by atoms with van der Waals surface area (Å²) in [6.45, 7) is 6.99. The van der Waals surface area contributed by atoms with Crippen molar-refractivity contribution in [2.24, 2.45) is 10.2 Å². The second kappa shape index (κ2) is 9.81. The maximum Gasteiger partial charge on any atom is 0.302 e. The lowest BCUT2D eigenvalue weighted by molar-refractivity contribution is -0.120. The number of hydrogen-bond acceptors (Lipinski definition) is 6. The van der Waals surface area contributed by atoms with Gasteiger partial charge < -0.3 is 14.6 Å². The van der Waals surface area contributed by atoms with Gasteiger partial charge in [0.15, 0.2) is 12.3 Å². The summed E-state index contributed by atoms with van der Waals surface area (Å²) in [4.78, 5) is 14.5. The Morgan fingerprint density at radius 1 is 1.19 bits per heavy atom. The third-order valence-corrected chi connectivity index (χ3v) is 5.92. The molecule has 0 bridgehead atoms. The largest absolute Gasteiger partial charge is 0.493 e. The van der Waals surface area contributed by atoms with Gasteiger partial charge in [0.1, 0.15) is 5.75 Å². The van der Waals surface area contributed by atoms with E-state index in [0.29, 0.717) is 31.0 Å². The zero-order valence-corrected chi connectivity index (χ0v) is 19.6. The molecule has 1 N–H and O–H groups in total. The average Bonchev–Trinajstić information content (AvgIpc) is 3.03. The van der Waals surface area contributed by atoms with Crippen LogP contribution in [-0.2, 0) is 16.2 Å². The molecule has 0 radical (unpaired) electrons. The van der Waals surface area contributed by atoms with Crippen LogP contribution in [0.3, 0.4) is 0 Å². The molecule has 0 atom stereocenters. The van der Waals surface area contributed by atoms with Gasteiger partial charge in [0.2, 0.25) is 5.88 Å². The number of carbonyl (C=O) groups is 1. The normalized spacial score (nSPS) is 15.0. The van der Waals surface area contributed by atoms with Crippen LogP contribution in [0.4, 0.5) is 5.69 Å². The Morgan fingerprint density at radius 2 is 1.91 bits per heavy atom. The number of aryl methyl sites for hydroxylation is 2. The predicted octanol–water partition coefficient (Wildman–Crippen LogP) is 4.71. The van der Waals surface area contributed by atoms with E-state index in [4.69, 9.17) is 9.47 Å². The number of amides is 1. The van der Waals surface area contributed by atoms with Crippen LogP contribution in [0.15, 0.2) is 51.1 Å². The van der Waals surface area contributed by atoms with Crippen molar-refractivity contribution in [3.63, 3.8) is 0 Å². The molecule has 3 aromatic rings. The highest BCUT2D eigenvalue weighted by Gasteiger charge is 2.20. The van der Waals surface area contributed by atoms with Gasteiger partial charge in [-0.2, -0.15) is 0 Å². The first-order chi connectivity index (χ1) is 15.4. The van der Waals surface area contributed by atoms with E-state index in [0.717, 1.165) is 34.2 Å². The first-order valence-electron chi connectivity index (χ1n) is 10.4. The van der Waals surface area contributed by atoms with Crippen LogP contribution in [0, 0.1) is 13.8 Å². The molecule has 2 heterocycles. The molecule has 8 nitrogen and oxygen atoms in total. The molecular weight excluding hydrogens is 476 g/mol. The Balaban J connectivity index is 1.56. The number of morpholine rings is 1. The summed E-state index contributed by atoms with van der Waals surface area (Å²) in [7, 11) is 0. The number of aromatic nitrogens is 1. The van der Waals surface area contributed by atoms with E-state index in [1.807, 2.05) is 50.2 Å². The van der Waals surface area contributed by atoms with Crippen molar-refractivity contribution in [2.45, 2.75) is 20.5 Å². The summed E-state index contributed by atoms with van der Waals surface area (Å²) < 4.78 is 13.7. The van der Waals surface area contributed by atoms with Gasteiger partial charge in [-0.3, -0.25) is 14.3 Å². The second-order valence-electron chi connectivity index (χ2n) is 7.74. The standard InChI is InChI=1S/C23H25BrN4O4/c1-15-4-3-5-16(2)22(15)32-13-20(29)25-26-21-18-12-17(24)6-7-19(18)28(23(21)30)14-27-8-10-31-11-9-27/h3-7,12,30H,8-11,13-14H2,1-2H3. The van der Waals surface area contributed by atoms with E-state index in [1.54, 1.807) is 4.57 Å². The summed E-state index contributed by atoms with van der Waals surface area (Å²) in [5.74, 6) is 0.109. The van der Waals surface area contributed by atoms with Crippen molar-refractivity contribution >= 4 is 38.4 Å². The predicted molar refractivity (Wildman–Crippen MR) is 125 cm³/mol. The number of carbonyl (C=O) groups excluding carboxylic acids is 1. The molecule has 32 heavy (non-hydrogen) atoms. The molecule has 168 valence electrons. The maximum atomic E-state index is 12.3. The molecule has 9 heteroatoms. The Kier molecular flexibility index (Phi) is 6.88. The molecule has 1 amide bonds. The highest BCUT2D eigenvalue weighted by molar-refractivity contribution is 9.10. The van der Waals surface area contributed by atoms with Crippen molar-refractivity contribution < 1.29 is 19.4 Å². The van der Waals surface area contributed by atoms with Gasteiger partial charge in [-0.05, 0) is 43.2 Å². The number of ether oxygens (including phenoxy) is 2. The summed E-state index contributed by atoms with van der Waals surface area (Å²) >= 11 is 3.47. The van der Waals surface area contributed by atoms with Crippen molar-refractivity contribution in [3.8, 4) is 11.6 Å². The molecule has 1 aliphatic rings. The summed E-state index contributed by atoms with van der Waals surface area (Å²) in [6, 6.07) is 11.5. The number of azo groups is 1. The first kappa shape index (κ1) is 22.4. The van der Waals surface area contributed by atoms with Crippen molar-refractivity contribution in [1.82, 2.24) is 9.47 Å². The summed E-state index contributed by atoms with van der Waals surface area (Å²) in [5.41, 5.74) is 2.96. The van der Waals surface area contributed by atoms with E-state index in [1.165, 1.54) is 0 Å². The Labute approximate surface area is 194 Å². The minimum atomic E-state index is -0.531. The average molecular weight is 501 g/mol. The maximum absolute atomic E-state index is 12.3. The third kappa shape index (κ3) is 4.85. The van der Waals surface area contributed by atoms with Crippen molar-refractivity contribution in [1.29, 1.82) is 0 Å². The van der Waals surface area contributed by atoms with Crippen LogP contribution in [-0.4, -0.2) is 53.4 Å². The lowest BCUT2D eigenvalue weighted by atomic mass is 10.1. The zero-order valence-electron chi connectivity index (χ0n) is 18.0. The Bertz CT molecular complexity index is 1150. The fraction of sp³-hybridized carbons (Fsp3) is 0.348. The molecule has 0 saturated carbocycles. The quantitative estimate of drug-likeness (QED) is 0.495. The molecule has 0 spiro atoms. The molecule has 1 saturated heterocycles. The number of benzene rings is 2. The minimum absolute atomic E-state index is 0.0307. The zero-order chi connectivity index (χ0) is 22.7. The topological polar surface area (TPSA) is 88.7 Å². The number of para-hydroxylation sites is 1. The fourth-order valence-corrected chi connectivity index (χ4v) is 4.14. The number of fused-ring (bicyclic) bond motifs is 1. The number of halogens is 1. The van der Waals surface area contributed by atoms with Gasteiger partial charge in [0.25, 0.3) is 0 Å². The van der Waals surface area contributed by atoms with E-state index < -0.39 is 5.91 Å². The number of rotatable bonds is 6. The SMILES string of the molecule is Cc1cccc(C)c1OCC(=O)N=Nc1c(O)n(CN2CCOCC2)c2ccc(Br)cc12. The molecule has 0 unspecified atom stereocenters. The number of nitrogens with zero attached hydrogens (tertiary/aromatic N) is 4. The van der Waals surface area contributed by atoms with Crippen LogP contribution >= 0.6 is 15.9 Å². The Hall–Kier alpha value is -2.75. The second-order valence-corrected chi connectivity index (χ2v) is 8.65. The Morgan fingerprint density at radius 3 is 2.62 bits per heavy atom. The van der Waals surface area contributed by atoms with E-state index in [-0.39, 0.29) is 18.2 Å². The van der Waals surface area contributed by atoms with Gasteiger partial charge in [-0.15, -0.1) is 10.2 Å².